The van der Waals surface area contributed by atoms with Gasteiger partial charge < -0.3 is 4.74 Å². The highest BCUT2D eigenvalue weighted by Crippen LogP contribution is 2.40. The van der Waals surface area contributed by atoms with Crippen LogP contribution < -0.4 is 0 Å². The van der Waals surface area contributed by atoms with Crippen molar-refractivity contribution in [1.82, 2.24) is 0 Å². The van der Waals surface area contributed by atoms with Crippen LogP contribution in [0.2, 0.25) is 0 Å². The van der Waals surface area contributed by atoms with Crippen LogP contribution in [0, 0.1) is 5.92 Å². The van der Waals surface area contributed by atoms with Crippen LogP contribution in [-0.2, 0) is 4.74 Å². The molecule has 3 unspecified atom stereocenters. The van der Waals surface area contributed by atoms with Crippen molar-refractivity contribution in [3.05, 3.63) is 32.7 Å². The van der Waals surface area contributed by atoms with Crippen molar-refractivity contribution in [2.45, 2.75) is 24.8 Å². The van der Waals surface area contributed by atoms with Crippen LogP contribution in [0.5, 0.6) is 0 Å². The molecule has 4 heteroatoms. The lowest BCUT2D eigenvalue weighted by Gasteiger charge is -2.17. The van der Waals surface area contributed by atoms with Crippen LogP contribution in [0.4, 0.5) is 0 Å². The zero-order valence-corrected chi connectivity index (χ0v) is 12.8. The number of alkyl halides is 1. The molecule has 2 rings (SSSR count). The lowest BCUT2D eigenvalue weighted by molar-refractivity contribution is 0.120. The summed E-state index contributed by atoms with van der Waals surface area (Å²) in [5.74, 6) is 0.405. The fourth-order valence-corrected chi connectivity index (χ4v) is 3.39. The molecule has 0 bridgehead atoms. The summed E-state index contributed by atoms with van der Waals surface area (Å²) in [7, 11) is 0. The first-order chi connectivity index (χ1) is 7.58. The van der Waals surface area contributed by atoms with Gasteiger partial charge in [0.05, 0.1) is 18.1 Å². The molecule has 1 fully saturated rings. The molecule has 1 saturated heterocycles. The number of benzene rings is 1. The van der Waals surface area contributed by atoms with Crippen molar-refractivity contribution in [1.29, 1.82) is 0 Å². The van der Waals surface area contributed by atoms with E-state index in [0.717, 1.165) is 27.5 Å². The maximum absolute atomic E-state index is 6.52. The molecule has 16 heavy (non-hydrogen) atoms. The largest absolute Gasteiger partial charge is 0.378 e. The van der Waals surface area contributed by atoms with E-state index in [9.17, 15) is 0 Å². The van der Waals surface area contributed by atoms with Crippen molar-refractivity contribution in [3.8, 4) is 0 Å². The Balaban J connectivity index is 2.20. The molecule has 0 aromatic heterocycles. The van der Waals surface area contributed by atoms with E-state index in [4.69, 9.17) is 16.3 Å². The van der Waals surface area contributed by atoms with E-state index in [1.807, 2.05) is 12.1 Å². The summed E-state index contributed by atoms with van der Waals surface area (Å²) in [5.41, 5.74) is 1.14. The first kappa shape index (κ1) is 12.9. The lowest BCUT2D eigenvalue weighted by atomic mass is 9.96. The minimum Gasteiger partial charge on any atom is -0.378 e. The summed E-state index contributed by atoms with van der Waals surface area (Å²) in [6, 6.07) is 6.10. The summed E-state index contributed by atoms with van der Waals surface area (Å²) < 4.78 is 7.69. The topological polar surface area (TPSA) is 9.23 Å². The molecule has 0 radical (unpaired) electrons. The summed E-state index contributed by atoms with van der Waals surface area (Å²) in [4.78, 5) is 0. The van der Waals surface area contributed by atoms with Crippen molar-refractivity contribution in [3.63, 3.8) is 0 Å². The van der Waals surface area contributed by atoms with Crippen molar-refractivity contribution >= 4 is 43.5 Å². The van der Waals surface area contributed by atoms with Crippen molar-refractivity contribution in [2.75, 3.05) is 6.61 Å². The average molecular weight is 368 g/mol. The predicted molar refractivity (Wildman–Crippen MR) is 74.0 cm³/mol. The number of hydrogen-bond donors (Lipinski definition) is 0. The Bertz CT molecular complexity index is 383. The van der Waals surface area contributed by atoms with Crippen LogP contribution in [0.15, 0.2) is 27.1 Å². The van der Waals surface area contributed by atoms with Crippen LogP contribution in [0.25, 0.3) is 0 Å². The quantitative estimate of drug-likeness (QED) is 0.674. The molecule has 0 N–H and O–H groups in total. The fourth-order valence-electron chi connectivity index (χ4n) is 2.03. The highest BCUT2D eigenvalue weighted by atomic mass is 79.9. The van der Waals surface area contributed by atoms with E-state index in [0.29, 0.717) is 12.0 Å². The maximum Gasteiger partial charge on any atom is 0.0647 e. The minimum absolute atomic E-state index is 0.0109. The molecule has 0 spiro atoms. The van der Waals surface area contributed by atoms with Gasteiger partial charge in [-0.1, -0.05) is 31.9 Å². The molecule has 0 saturated carbocycles. The molecule has 88 valence electrons. The van der Waals surface area contributed by atoms with E-state index < -0.39 is 0 Å². The lowest BCUT2D eigenvalue weighted by Crippen LogP contribution is -2.08. The van der Waals surface area contributed by atoms with E-state index in [1.165, 1.54) is 0 Å². The van der Waals surface area contributed by atoms with E-state index in [1.54, 1.807) is 0 Å². The summed E-state index contributed by atoms with van der Waals surface area (Å²) >= 11 is 13.5. The number of halogens is 3. The van der Waals surface area contributed by atoms with Gasteiger partial charge in [-0.15, -0.1) is 11.6 Å². The van der Waals surface area contributed by atoms with Gasteiger partial charge in [0, 0.05) is 14.9 Å². The number of ether oxygens (including phenoxy) is 1. The molecule has 3 atom stereocenters. The molecule has 1 aliphatic heterocycles. The third kappa shape index (κ3) is 2.81. The SMILES string of the molecule is CC1CC(C(Cl)c2cc(Br)ccc2Br)CO1. The van der Waals surface area contributed by atoms with Gasteiger partial charge in [-0.05, 0) is 37.1 Å². The van der Waals surface area contributed by atoms with Crippen molar-refractivity contribution < 1.29 is 4.74 Å². The normalized spacial score (nSPS) is 27.0. The highest BCUT2D eigenvalue weighted by molar-refractivity contribution is 9.11. The zero-order chi connectivity index (χ0) is 11.7. The summed E-state index contributed by atoms with van der Waals surface area (Å²) in [6.07, 6.45) is 1.37. The molecule has 1 nitrogen and oxygen atoms in total. The number of rotatable bonds is 2. The molecule has 0 amide bonds. The smallest absolute Gasteiger partial charge is 0.0647 e. The van der Waals surface area contributed by atoms with Crippen molar-refractivity contribution in [2.24, 2.45) is 5.92 Å². The third-order valence-corrected chi connectivity index (χ3v) is 4.71. The Labute approximate surface area is 118 Å². The zero-order valence-electron chi connectivity index (χ0n) is 8.92. The van der Waals surface area contributed by atoms with E-state index in [2.05, 4.69) is 44.8 Å². The van der Waals surface area contributed by atoms with Gasteiger partial charge in [0.25, 0.3) is 0 Å². The predicted octanol–water partition coefficient (Wildman–Crippen LogP) is 4.92. The molecule has 1 heterocycles. The van der Waals surface area contributed by atoms with Crippen LogP contribution in [-0.4, -0.2) is 12.7 Å². The van der Waals surface area contributed by atoms with E-state index >= 15 is 0 Å². The Morgan fingerprint density at radius 3 is 2.81 bits per heavy atom. The third-order valence-electron chi connectivity index (χ3n) is 2.90. The summed E-state index contributed by atoms with van der Waals surface area (Å²) in [5, 5.41) is 0.0109. The Morgan fingerprint density at radius 2 is 2.19 bits per heavy atom. The minimum atomic E-state index is 0.0109. The maximum atomic E-state index is 6.52. The van der Waals surface area contributed by atoms with Crippen LogP contribution in [0.1, 0.15) is 24.3 Å². The highest BCUT2D eigenvalue weighted by Gasteiger charge is 2.30. The Morgan fingerprint density at radius 1 is 1.44 bits per heavy atom. The van der Waals surface area contributed by atoms with E-state index in [-0.39, 0.29) is 5.38 Å². The first-order valence-electron chi connectivity index (χ1n) is 5.28. The van der Waals surface area contributed by atoms with Crippen LogP contribution >= 0.6 is 43.5 Å². The first-order valence-corrected chi connectivity index (χ1v) is 7.31. The standard InChI is InChI=1S/C12H13Br2ClO/c1-7-4-8(6-16-7)12(15)10-5-9(13)2-3-11(10)14/h2-3,5,7-8,12H,4,6H2,1H3. The van der Waals surface area contributed by atoms with Gasteiger partial charge in [0.2, 0.25) is 0 Å². The fraction of sp³-hybridized carbons (Fsp3) is 0.500. The second-order valence-corrected chi connectivity index (χ2v) is 6.45. The van der Waals surface area contributed by atoms with Gasteiger partial charge in [0.15, 0.2) is 0 Å². The molecule has 1 aliphatic rings. The van der Waals surface area contributed by atoms with Gasteiger partial charge >= 0.3 is 0 Å². The van der Waals surface area contributed by atoms with Gasteiger partial charge in [-0.25, -0.2) is 0 Å². The second-order valence-electron chi connectivity index (χ2n) is 4.21. The monoisotopic (exact) mass is 366 g/mol. The number of hydrogen-bond acceptors (Lipinski definition) is 1. The molecule has 1 aromatic carbocycles. The Hall–Kier alpha value is 0.430. The molecular weight excluding hydrogens is 355 g/mol. The molecule has 0 aliphatic carbocycles. The van der Waals surface area contributed by atoms with Gasteiger partial charge in [0.1, 0.15) is 0 Å². The molecular formula is C12H13Br2ClO. The van der Waals surface area contributed by atoms with Gasteiger partial charge in [-0.2, -0.15) is 0 Å². The molecule has 1 aromatic rings. The Kier molecular flexibility index (Phi) is 4.33. The average Bonchev–Trinajstić information content (AvgIpc) is 2.67. The second kappa shape index (κ2) is 5.38. The summed E-state index contributed by atoms with van der Waals surface area (Å²) in [6.45, 7) is 2.86. The van der Waals surface area contributed by atoms with Gasteiger partial charge in [-0.3, -0.25) is 0 Å². The van der Waals surface area contributed by atoms with Crippen LogP contribution in [0.3, 0.4) is 0 Å².